The molecule has 1 aromatic rings. The van der Waals surface area contributed by atoms with Crippen molar-refractivity contribution in [3.63, 3.8) is 0 Å². The Hall–Kier alpha value is -1.46. The molecule has 0 spiro atoms. The first kappa shape index (κ1) is 17.4. The maximum absolute atomic E-state index is 12.5. The molecule has 0 unspecified atom stereocenters. The predicted octanol–water partition coefficient (Wildman–Crippen LogP) is 1.57. The van der Waals surface area contributed by atoms with Crippen molar-refractivity contribution in [3.05, 3.63) is 30.1 Å². The molecular weight excluding hydrogens is 302 g/mol. The van der Waals surface area contributed by atoms with Crippen LogP contribution < -0.4 is 0 Å². The number of pyridine rings is 1. The van der Waals surface area contributed by atoms with E-state index in [1.165, 1.54) is 32.4 Å². The molecule has 2 aliphatic rings. The van der Waals surface area contributed by atoms with Gasteiger partial charge < -0.3 is 14.9 Å². The normalized spacial score (nSPS) is 25.1. The highest BCUT2D eigenvalue weighted by Crippen LogP contribution is 2.26. The molecule has 24 heavy (non-hydrogen) atoms. The van der Waals surface area contributed by atoms with Crippen LogP contribution in [0.15, 0.2) is 24.4 Å². The minimum absolute atomic E-state index is 0.183. The maximum Gasteiger partial charge on any atom is 0.222 e. The van der Waals surface area contributed by atoms with Gasteiger partial charge in [0.15, 0.2) is 0 Å². The fraction of sp³-hybridized carbons (Fsp3) is 0.684. The third-order valence-electron chi connectivity index (χ3n) is 5.43. The highest BCUT2D eigenvalue weighted by molar-refractivity contribution is 5.76. The average Bonchev–Trinajstić information content (AvgIpc) is 3.04. The number of likely N-dealkylation sites (tertiary alicyclic amines) is 2. The van der Waals surface area contributed by atoms with Crippen molar-refractivity contribution in [1.82, 2.24) is 14.8 Å². The minimum atomic E-state index is 0.183. The smallest absolute Gasteiger partial charge is 0.222 e. The quantitative estimate of drug-likeness (QED) is 0.860. The van der Waals surface area contributed by atoms with Crippen LogP contribution in [-0.4, -0.2) is 65.1 Å². The Morgan fingerprint density at radius 1 is 1.17 bits per heavy atom. The molecule has 0 radical (unpaired) electrons. The summed E-state index contributed by atoms with van der Waals surface area (Å²) in [7, 11) is 0. The van der Waals surface area contributed by atoms with Gasteiger partial charge in [-0.3, -0.25) is 9.78 Å². The number of hydrogen-bond donors (Lipinski definition) is 1. The van der Waals surface area contributed by atoms with E-state index in [0.29, 0.717) is 25.3 Å². The first-order valence-corrected chi connectivity index (χ1v) is 9.27. The van der Waals surface area contributed by atoms with Gasteiger partial charge in [-0.1, -0.05) is 12.5 Å². The van der Waals surface area contributed by atoms with Crippen molar-refractivity contribution in [2.45, 2.75) is 32.1 Å². The van der Waals surface area contributed by atoms with E-state index in [1.807, 2.05) is 23.1 Å². The van der Waals surface area contributed by atoms with Gasteiger partial charge in [0.25, 0.3) is 0 Å². The van der Waals surface area contributed by atoms with Crippen LogP contribution in [0, 0.1) is 11.8 Å². The van der Waals surface area contributed by atoms with Crippen molar-refractivity contribution < 1.29 is 9.90 Å². The predicted molar refractivity (Wildman–Crippen MR) is 93.5 cm³/mol. The van der Waals surface area contributed by atoms with Crippen LogP contribution in [0.2, 0.25) is 0 Å². The van der Waals surface area contributed by atoms with Gasteiger partial charge >= 0.3 is 0 Å². The average molecular weight is 331 g/mol. The van der Waals surface area contributed by atoms with Gasteiger partial charge in [-0.25, -0.2) is 0 Å². The van der Waals surface area contributed by atoms with Crippen LogP contribution in [0.25, 0.3) is 0 Å². The molecule has 3 rings (SSSR count). The van der Waals surface area contributed by atoms with Crippen LogP contribution in [0.4, 0.5) is 0 Å². The largest absolute Gasteiger partial charge is 0.396 e. The molecule has 2 saturated heterocycles. The van der Waals surface area contributed by atoms with Crippen LogP contribution in [-0.2, 0) is 11.2 Å². The van der Waals surface area contributed by atoms with E-state index < -0.39 is 0 Å². The van der Waals surface area contributed by atoms with Gasteiger partial charge in [0.05, 0.1) is 0 Å². The maximum atomic E-state index is 12.5. The van der Waals surface area contributed by atoms with Crippen LogP contribution in [0.3, 0.4) is 0 Å². The number of aliphatic hydroxyl groups is 1. The van der Waals surface area contributed by atoms with Crippen molar-refractivity contribution in [3.8, 4) is 0 Å². The number of amides is 1. The monoisotopic (exact) mass is 331 g/mol. The lowest BCUT2D eigenvalue weighted by Crippen LogP contribution is -2.37. The second-order valence-electron chi connectivity index (χ2n) is 7.18. The van der Waals surface area contributed by atoms with E-state index >= 15 is 0 Å². The number of nitrogens with zero attached hydrogens (tertiary/aromatic N) is 3. The zero-order valence-corrected chi connectivity index (χ0v) is 14.4. The zero-order valence-electron chi connectivity index (χ0n) is 14.4. The molecule has 0 bridgehead atoms. The van der Waals surface area contributed by atoms with Crippen LogP contribution in [0.5, 0.6) is 0 Å². The molecule has 2 fully saturated rings. The zero-order chi connectivity index (χ0) is 16.8. The highest BCUT2D eigenvalue weighted by atomic mass is 16.3. The number of aromatic nitrogens is 1. The standard InChI is InChI=1S/C19H29N3O2/c23-15-17-14-22(13-16(17)12-21-10-4-1-5-11-21)19(24)8-7-18-6-2-3-9-20-18/h2-3,6,9,16-17,23H,1,4-5,7-8,10-15H2/t16-,17-/m0/s1. The molecule has 0 aromatic carbocycles. The van der Waals surface area contributed by atoms with Gasteiger partial charge in [-0.15, -0.1) is 0 Å². The fourth-order valence-electron chi connectivity index (χ4n) is 3.97. The lowest BCUT2D eigenvalue weighted by molar-refractivity contribution is -0.130. The molecular formula is C19H29N3O2. The van der Waals surface area contributed by atoms with Crippen molar-refractivity contribution >= 4 is 5.91 Å². The first-order valence-electron chi connectivity index (χ1n) is 9.27. The summed E-state index contributed by atoms with van der Waals surface area (Å²) in [5.74, 6) is 0.831. The summed E-state index contributed by atoms with van der Waals surface area (Å²) >= 11 is 0. The molecule has 1 amide bonds. The number of hydrogen-bond acceptors (Lipinski definition) is 4. The van der Waals surface area contributed by atoms with Gasteiger partial charge in [0.1, 0.15) is 0 Å². The third-order valence-corrected chi connectivity index (χ3v) is 5.43. The summed E-state index contributed by atoms with van der Waals surface area (Å²) in [6.45, 7) is 5.04. The topological polar surface area (TPSA) is 56.7 Å². The molecule has 1 N–H and O–H groups in total. The van der Waals surface area contributed by atoms with E-state index in [2.05, 4.69) is 9.88 Å². The molecule has 5 nitrogen and oxygen atoms in total. The van der Waals surface area contributed by atoms with Crippen molar-refractivity contribution in [2.75, 3.05) is 39.3 Å². The van der Waals surface area contributed by atoms with Crippen molar-refractivity contribution in [2.24, 2.45) is 11.8 Å². The number of aryl methyl sites for hydroxylation is 1. The second kappa shape index (κ2) is 8.58. The molecule has 0 saturated carbocycles. The van der Waals surface area contributed by atoms with Gasteiger partial charge in [-0.2, -0.15) is 0 Å². The Labute approximate surface area is 144 Å². The molecule has 2 aliphatic heterocycles. The van der Waals surface area contributed by atoms with E-state index in [4.69, 9.17) is 0 Å². The van der Waals surface area contributed by atoms with Gasteiger partial charge in [0.2, 0.25) is 5.91 Å². The highest BCUT2D eigenvalue weighted by Gasteiger charge is 2.35. The SMILES string of the molecule is O=C(CCc1ccccn1)N1C[C@@H](CO)[C@@H](CN2CCCCC2)C1. The number of rotatable bonds is 6. The Morgan fingerprint density at radius 2 is 1.96 bits per heavy atom. The Bertz CT molecular complexity index is 517. The number of aliphatic hydroxyl groups excluding tert-OH is 1. The molecule has 0 aliphatic carbocycles. The Kier molecular flexibility index (Phi) is 6.21. The molecule has 2 atom stereocenters. The van der Waals surface area contributed by atoms with E-state index in [1.54, 1.807) is 6.20 Å². The summed E-state index contributed by atoms with van der Waals surface area (Å²) in [5.41, 5.74) is 0.966. The molecule has 5 heteroatoms. The molecule has 3 heterocycles. The van der Waals surface area contributed by atoms with Crippen LogP contribution >= 0.6 is 0 Å². The lowest BCUT2D eigenvalue weighted by Gasteiger charge is -2.30. The van der Waals surface area contributed by atoms with Crippen LogP contribution in [0.1, 0.15) is 31.4 Å². The first-order chi connectivity index (χ1) is 11.8. The summed E-state index contributed by atoms with van der Waals surface area (Å²) in [6, 6.07) is 5.81. The van der Waals surface area contributed by atoms with Crippen molar-refractivity contribution in [1.29, 1.82) is 0 Å². The summed E-state index contributed by atoms with van der Waals surface area (Å²) in [5, 5.41) is 9.71. The summed E-state index contributed by atoms with van der Waals surface area (Å²) in [4.78, 5) is 21.3. The molecule has 1 aromatic heterocycles. The number of piperidine rings is 1. The minimum Gasteiger partial charge on any atom is -0.396 e. The fourth-order valence-corrected chi connectivity index (χ4v) is 3.97. The molecule has 132 valence electrons. The lowest BCUT2D eigenvalue weighted by atomic mass is 9.95. The van der Waals surface area contributed by atoms with Gasteiger partial charge in [-0.05, 0) is 50.4 Å². The summed E-state index contributed by atoms with van der Waals surface area (Å²) in [6.07, 6.45) is 6.86. The number of carbonyl (C=O) groups excluding carboxylic acids is 1. The Balaban J connectivity index is 1.50. The number of carbonyl (C=O) groups is 1. The third kappa shape index (κ3) is 4.54. The van der Waals surface area contributed by atoms with E-state index in [-0.39, 0.29) is 18.4 Å². The van der Waals surface area contributed by atoms with E-state index in [0.717, 1.165) is 18.8 Å². The van der Waals surface area contributed by atoms with E-state index in [9.17, 15) is 9.90 Å². The Morgan fingerprint density at radius 3 is 2.67 bits per heavy atom. The second-order valence-corrected chi connectivity index (χ2v) is 7.18. The van der Waals surface area contributed by atoms with Gasteiger partial charge in [0, 0.05) is 50.5 Å². The summed E-state index contributed by atoms with van der Waals surface area (Å²) < 4.78 is 0.